The van der Waals surface area contributed by atoms with Crippen molar-refractivity contribution in [2.45, 2.75) is 6.54 Å². The Kier molecular flexibility index (Phi) is 4.80. The molecule has 1 N–H and O–H groups in total. The molecule has 0 amide bonds. The second-order valence-corrected chi connectivity index (χ2v) is 5.78. The minimum absolute atomic E-state index is 0.0230. The number of halogens is 1. The molecule has 0 spiro atoms. The largest absolute Gasteiger partial charge is 0.493 e. The van der Waals surface area contributed by atoms with Crippen LogP contribution in [0.2, 0.25) is 5.02 Å². The summed E-state index contributed by atoms with van der Waals surface area (Å²) in [7, 11) is 0. The SMILES string of the molecule is C=CCn1c(O)c(N=NC(=S)SC)c2cc(Cl)ccc21. The van der Waals surface area contributed by atoms with Crippen molar-refractivity contribution in [1.29, 1.82) is 0 Å². The number of allylic oxidation sites excluding steroid dienone is 1. The van der Waals surface area contributed by atoms with Crippen LogP contribution in [0.15, 0.2) is 41.1 Å². The molecule has 2 aromatic rings. The molecule has 1 heterocycles. The lowest BCUT2D eigenvalue weighted by molar-refractivity contribution is 0.431. The fourth-order valence-electron chi connectivity index (χ4n) is 1.84. The summed E-state index contributed by atoms with van der Waals surface area (Å²) in [5.41, 5.74) is 1.18. The molecule has 1 aromatic carbocycles. The van der Waals surface area contributed by atoms with Gasteiger partial charge in [0.05, 0.1) is 5.52 Å². The summed E-state index contributed by atoms with van der Waals surface area (Å²) in [4.78, 5) is 0. The van der Waals surface area contributed by atoms with Crippen molar-refractivity contribution in [1.82, 2.24) is 4.57 Å². The third-order valence-corrected chi connectivity index (χ3v) is 3.94. The third kappa shape index (κ3) is 2.87. The van der Waals surface area contributed by atoms with Crippen molar-refractivity contribution in [3.63, 3.8) is 0 Å². The highest BCUT2D eigenvalue weighted by Crippen LogP contribution is 2.40. The maximum absolute atomic E-state index is 10.3. The van der Waals surface area contributed by atoms with Gasteiger partial charge in [0.1, 0.15) is 0 Å². The number of nitrogens with zero attached hydrogens (tertiary/aromatic N) is 3. The van der Waals surface area contributed by atoms with E-state index in [0.717, 1.165) is 10.9 Å². The number of hydrogen-bond acceptors (Lipinski definition) is 4. The van der Waals surface area contributed by atoms with Crippen molar-refractivity contribution >= 4 is 56.5 Å². The maximum atomic E-state index is 10.3. The lowest BCUT2D eigenvalue weighted by Gasteiger charge is -2.02. The molecule has 0 saturated carbocycles. The first-order valence-corrected chi connectivity index (χ1v) is 7.71. The van der Waals surface area contributed by atoms with Crippen molar-refractivity contribution in [3.05, 3.63) is 35.9 Å². The summed E-state index contributed by atoms with van der Waals surface area (Å²) < 4.78 is 2.09. The normalized spacial score (nSPS) is 11.3. The van der Waals surface area contributed by atoms with Gasteiger partial charge >= 0.3 is 0 Å². The maximum Gasteiger partial charge on any atom is 0.221 e. The summed E-state index contributed by atoms with van der Waals surface area (Å²) in [6, 6.07) is 5.33. The van der Waals surface area contributed by atoms with Gasteiger partial charge in [-0.3, -0.25) is 0 Å². The lowest BCUT2D eigenvalue weighted by Crippen LogP contribution is -1.92. The standard InChI is InChI=1S/C13H12ClN3OS2/c1-3-6-17-10-5-4-8(14)7-9(10)11(12(17)18)15-16-13(19)20-2/h3-5,7,18H,1,6H2,2H3. The third-order valence-electron chi connectivity index (χ3n) is 2.69. The molecule has 7 heteroatoms. The second-order valence-electron chi connectivity index (χ2n) is 3.90. The number of hydrogen-bond donors (Lipinski definition) is 1. The van der Waals surface area contributed by atoms with Gasteiger partial charge in [0.15, 0.2) is 10.0 Å². The molecule has 0 unspecified atom stereocenters. The number of benzene rings is 1. The number of aromatic hydroxyl groups is 1. The van der Waals surface area contributed by atoms with Crippen LogP contribution < -0.4 is 0 Å². The van der Waals surface area contributed by atoms with Gasteiger partial charge in [0.25, 0.3) is 0 Å². The molecule has 20 heavy (non-hydrogen) atoms. The predicted octanol–water partition coefficient (Wildman–Crippen LogP) is 4.92. The molecule has 1 aromatic heterocycles. The van der Waals surface area contributed by atoms with Crippen molar-refractivity contribution in [2.75, 3.05) is 6.26 Å². The topological polar surface area (TPSA) is 49.9 Å². The van der Waals surface area contributed by atoms with Crippen LogP contribution in [-0.4, -0.2) is 20.2 Å². The van der Waals surface area contributed by atoms with Gasteiger partial charge in [0, 0.05) is 17.0 Å². The monoisotopic (exact) mass is 325 g/mol. The molecule has 0 bridgehead atoms. The Morgan fingerprint density at radius 1 is 1.60 bits per heavy atom. The number of rotatable bonds is 3. The van der Waals surface area contributed by atoms with E-state index in [2.05, 4.69) is 16.8 Å². The van der Waals surface area contributed by atoms with Gasteiger partial charge in [-0.15, -0.1) is 16.8 Å². The first kappa shape index (κ1) is 15.0. The minimum atomic E-state index is 0.0230. The smallest absolute Gasteiger partial charge is 0.221 e. The van der Waals surface area contributed by atoms with Crippen LogP contribution in [0.4, 0.5) is 5.69 Å². The molecule has 104 valence electrons. The highest BCUT2D eigenvalue weighted by Gasteiger charge is 2.16. The van der Waals surface area contributed by atoms with E-state index >= 15 is 0 Å². The van der Waals surface area contributed by atoms with Gasteiger partial charge in [0.2, 0.25) is 5.88 Å². The van der Waals surface area contributed by atoms with Gasteiger partial charge < -0.3 is 9.67 Å². The predicted molar refractivity (Wildman–Crippen MR) is 89.4 cm³/mol. The van der Waals surface area contributed by atoms with Gasteiger partial charge in [-0.25, -0.2) is 0 Å². The fourth-order valence-corrected chi connectivity index (χ4v) is 2.18. The molecule has 0 radical (unpaired) electrons. The van der Waals surface area contributed by atoms with Crippen LogP contribution in [0.3, 0.4) is 0 Å². The van der Waals surface area contributed by atoms with Gasteiger partial charge in [-0.2, -0.15) is 0 Å². The van der Waals surface area contributed by atoms with E-state index in [4.69, 9.17) is 23.8 Å². The van der Waals surface area contributed by atoms with Crippen LogP contribution in [0.1, 0.15) is 0 Å². The van der Waals surface area contributed by atoms with Crippen LogP contribution in [0.25, 0.3) is 10.9 Å². The van der Waals surface area contributed by atoms with E-state index < -0.39 is 0 Å². The van der Waals surface area contributed by atoms with Crippen LogP contribution >= 0.6 is 35.6 Å². The molecule has 0 aliphatic rings. The van der Waals surface area contributed by atoms with Crippen molar-refractivity contribution in [2.24, 2.45) is 10.2 Å². The Labute approximate surface area is 131 Å². The van der Waals surface area contributed by atoms with E-state index in [1.54, 1.807) is 22.8 Å². The zero-order valence-electron chi connectivity index (χ0n) is 10.7. The molecule has 4 nitrogen and oxygen atoms in total. The van der Waals surface area contributed by atoms with Crippen LogP contribution in [0.5, 0.6) is 5.88 Å². The summed E-state index contributed by atoms with van der Waals surface area (Å²) >= 11 is 12.3. The van der Waals surface area contributed by atoms with E-state index in [9.17, 15) is 5.11 Å². The zero-order valence-corrected chi connectivity index (χ0v) is 13.1. The molecule has 0 fully saturated rings. The molecule has 0 aliphatic carbocycles. The summed E-state index contributed by atoms with van der Waals surface area (Å²) in [6.45, 7) is 4.15. The number of aromatic nitrogens is 1. The Hall–Kier alpha value is -1.37. The Morgan fingerprint density at radius 3 is 3.00 bits per heavy atom. The number of thiocarbonyl (C=S) groups is 1. The van der Waals surface area contributed by atoms with Crippen LogP contribution in [0, 0.1) is 0 Å². The zero-order chi connectivity index (χ0) is 14.7. The van der Waals surface area contributed by atoms with E-state index in [0.29, 0.717) is 21.6 Å². The van der Waals surface area contributed by atoms with Crippen molar-refractivity contribution < 1.29 is 5.11 Å². The average molecular weight is 326 g/mol. The van der Waals surface area contributed by atoms with Gasteiger partial charge in [-0.1, -0.05) is 29.4 Å². The second kappa shape index (κ2) is 6.39. The summed E-state index contributed by atoms with van der Waals surface area (Å²) in [5, 5.41) is 19.5. The quantitative estimate of drug-likeness (QED) is 0.495. The lowest BCUT2D eigenvalue weighted by atomic mass is 10.2. The Bertz CT molecular complexity index is 709. The highest BCUT2D eigenvalue weighted by atomic mass is 35.5. The minimum Gasteiger partial charge on any atom is -0.493 e. The first-order valence-electron chi connectivity index (χ1n) is 5.69. The number of fused-ring (bicyclic) bond motifs is 1. The molecular weight excluding hydrogens is 314 g/mol. The van der Waals surface area contributed by atoms with Crippen molar-refractivity contribution in [3.8, 4) is 5.88 Å². The molecule has 2 rings (SSSR count). The molecule has 0 saturated heterocycles. The van der Waals surface area contributed by atoms with E-state index in [1.165, 1.54) is 11.8 Å². The fraction of sp³-hybridized carbons (Fsp3) is 0.154. The molecule has 0 aliphatic heterocycles. The van der Waals surface area contributed by atoms with E-state index in [-0.39, 0.29) is 5.88 Å². The van der Waals surface area contributed by atoms with E-state index in [1.807, 2.05) is 12.3 Å². The summed E-state index contributed by atoms with van der Waals surface area (Å²) in [6.07, 6.45) is 3.51. The van der Waals surface area contributed by atoms with Crippen LogP contribution in [-0.2, 0) is 6.54 Å². The highest BCUT2D eigenvalue weighted by molar-refractivity contribution is 8.22. The van der Waals surface area contributed by atoms with Gasteiger partial charge in [-0.05, 0) is 36.7 Å². The first-order chi connectivity index (χ1) is 9.58. The Balaban J connectivity index is 2.65. The Morgan fingerprint density at radius 2 is 2.35 bits per heavy atom. The number of thioether (sulfide) groups is 1. The summed E-state index contributed by atoms with van der Waals surface area (Å²) in [5.74, 6) is 0.0230. The molecule has 0 atom stereocenters. The molecular formula is C13H12ClN3OS2. The number of azo groups is 1. The average Bonchev–Trinajstić information content (AvgIpc) is 2.69.